The smallest absolute Gasteiger partial charge is 0.406 e. The Kier molecular flexibility index (Phi) is 5.66. The van der Waals surface area contributed by atoms with Gasteiger partial charge in [-0.2, -0.15) is 13.2 Å². The van der Waals surface area contributed by atoms with E-state index in [4.69, 9.17) is 0 Å². The van der Waals surface area contributed by atoms with Crippen LogP contribution in [0.3, 0.4) is 0 Å². The summed E-state index contributed by atoms with van der Waals surface area (Å²) < 4.78 is 87.4. The van der Waals surface area contributed by atoms with E-state index in [-0.39, 0.29) is 0 Å². The number of hydrogen-bond acceptors (Lipinski definition) is 2. The summed E-state index contributed by atoms with van der Waals surface area (Å²) in [6.45, 7) is 1.45. The topological polar surface area (TPSA) is 26.3 Å². The molecule has 1 aromatic carbocycles. The van der Waals surface area contributed by atoms with E-state index in [0.717, 1.165) is 12.1 Å². The number of ether oxygens (including phenoxy) is 1. The van der Waals surface area contributed by atoms with Crippen molar-refractivity contribution in [1.82, 2.24) is 0 Å². The van der Waals surface area contributed by atoms with E-state index in [1.165, 1.54) is 19.1 Å². The zero-order chi connectivity index (χ0) is 16.3. The van der Waals surface area contributed by atoms with Crippen LogP contribution in [-0.2, 0) is 10.8 Å². The Labute approximate surface area is 119 Å². The van der Waals surface area contributed by atoms with Gasteiger partial charge in [-0.05, 0) is 24.6 Å². The van der Waals surface area contributed by atoms with E-state index in [1.807, 2.05) is 0 Å². The lowest BCUT2D eigenvalue weighted by molar-refractivity contribution is -0.274. The SMILES string of the molecule is C[C@@H](c1ccc(OC(F)(F)F)cc1)[S@@](=O)CCC(F)(F)F. The van der Waals surface area contributed by atoms with Crippen LogP contribution < -0.4 is 4.74 Å². The molecule has 0 unspecified atom stereocenters. The van der Waals surface area contributed by atoms with Gasteiger partial charge in [0.05, 0.1) is 11.7 Å². The molecule has 0 N–H and O–H groups in total. The van der Waals surface area contributed by atoms with Crippen molar-refractivity contribution in [2.45, 2.75) is 31.1 Å². The second-order valence-electron chi connectivity index (χ2n) is 4.21. The monoisotopic (exact) mass is 334 g/mol. The Morgan fingerprint density at radius 1 is 1.10 bits per heavy atom. The summed E-state index contributed by atoms with van der Waals surface area (Å²) in [4.78, 5) is 0. The number of halogens is 6. The van der Waals surface area contributed by atoms with E-state index in [0.29, 0.717) is 5.56 Å². The summed E-state index contributed by atoms with van der Waals surface area (Å²) in [5, 5.41) is -0.715. The lowest BCUT2D eigenvalue weighted by Gasteiger charge is -2.14. The highest BCUT2D eigenvalue weighted by Gasteiger charge is 2.31. The Morgan fingerprint density at radius 2 is 1.62 bits per heavy atom. The molecule has 0 saturated carbocycles. The van der Waals surface area contributed by atoms with Crippen LogP contribution in [0, 0.1) is 0 Å². The maximum atomic E-state index is 12.0. The Hall–Kier alpha value is -1.25. The first-order chi connectivity index (χ1) is 9.48. The molecule has 120 valence electrons. The molecule has 0 heterocycles. The molecule has 21 heavy (non-hydrogen) atoms. The van der Waals surface area contributed by atoms with Gasteiger partial charge in [0, 0.05) is 16.6 Å². The molecule has 0 bridgehead atoms. The number of hydrogen-bond donors (Lipinski definition) is 0. The van der Waals surface area contributed by atoms with Crippen molar-refractivity contribution >= 4 is 10.8 Å². The molecular weight excluding hydrogens is 322 g/mol. The van der Waals surface area contributed by atoms with E-state index in [1.54, 1.807) is 0 Å². The normalized spacial score (nSPS) is 15.6. The third kappa shape index (κ3) is 6.83. The summed E-state index contributed by atoms with van der Waals surface area (Å²) in [6.07, 6.45) is -10.4. The molecule has 1 aromatic rings. The molecule has 0 radical (unpaired) electrons. The van der Waals surface area contributed by atoms with Crippen LogP contribution in [0.15, 0.2) is 24.3 Å². The van der Waals surface area contributed by atoms with E-state index < -0.39 is 46.5 Å². The first-order valence-corrected chi connectivity index (χ1v) is 7.16. The number of benzene rings is 1. The van der Waals surface area contributed by atoms with Crippen molar-refractivity contribution < 1.29 is 35.3 Å². The van der Waals surface area contributed by atoms with Gasteiger partial charge in [0.1, 0.15) is 5.75 Å². The molecule has 0 fully saturated rings. The zero-order valence-electron chi connectivity index (χ0n) is 10.8. The predicted octanol–water partition coefficient (Wildman–Crippen LogP) is 4.35. The van der Waals surface area contributed by atoms with Crippen molar-refractivity contribution in [1.29, 1.82) is 0 Å². The summed E-state index contributed by atoms with van der Waals surface area (Å²) in [5.41, 5.74) is 0.380. The largest absolute Gasteiger partial charge is 0.573 e. The van der Waals surface area contributed by atoms with Crippen LogP contribution in [0.25, 0.3) is 0 Å². The Morgan fingerprint density at radius 3 is 2.05 bits per heavy atom. The molecule has 0 amide bonds. The second-order valence-corrected chi connectivity index (χ2v) is 6.09. The van der Waals surface area contributed by atoms with Gasteiger partial charge in [-0.15, -0.1) is 13.2 Å². The molecule has 2 nitrogen and oxygen atoms in total. The average Bonchev–Trinajstić information content (AvgIpc) is 2.33. The van der Waals surface area contributed by atoms with Gasteiger partial charge in [0.2, 0.25) is 0 Å². The first kappa shape index (κ1) is 17.8. The fourth-order valence-electron chi connectivity index (χ4n) is 1.49. The van der Waals surface area contributed by atoms with Gasteiger partial charge in [0.25, 0.3) is 0 Å². The van der Waals surface area contributed by atoms with Crippen LogP contribution in [0.1, 0.15) is 24.2 Å². The Balaban J connectivity index is 2.66. The lowest BCUT2D eigenvalue weighted by atomic mass is 10.1. The third-order valence-electron chi connectivity index (χ3n) is 2.56. The molecule has 0 aliphatic rings. The Bertz CT molecular complexity index is 480. The average molecular weight is 334 g/mol. The predicted molar refractivity (Wildman–Crippen MR) is 65.2 cm³/mol. The molecule has 0 saturated heterocycles. The minimum atomic E-state index is -4.82. The van der Waals surface area contributed by atoms with Crippen molar-refractivity contribution in [3.63, 3.8) is 0 Å². The summed E-state index contributed by atoms with van der Waals surface area (Å²) in [7, 11) is -1.77. The number of alkyl halides is 6. The fourth-order valence-corrected chi connectivity index (χ4v) is 2.73. The zero-order valence-corrected chi connectivity index (χ0v) is 11.6. The van der Waals surface area contributed by atoms with Crippen molar-refractivity contribution in [2.75, 3.05) is 5.75 Å². The highest BCUT2D eigenvalue weighted by atomic mass is 32.2. The van der Waals surface area contributed by atoms with E-state index >= 15 is 0 Å². The molecule has 1 rings (SSSR count). The van der Waals surface area contributed by atoms with Crippen molar-refractivity contribution in [3.8, 4) is 5.75 Å². The molecule has 0 aliphatic heterocycles. The van der Waals surface area contributed by atoms with Crippen LogP contribution in [0.5, 0.6) is 5.75 Å². The van der Waals surface area contributed by atoms with Gasteiger partial charge < -0.3 is 4.74 Å². The minimum Gasteiger partial charge on any atom is -0.406 e. The summed E-state index contributed by atoms with van der Waals surface area (Å²) in [6, 6.07) is 4.55. The molecule has 9 heteroatoms. The quantitative estimate of drug-likeness (QED) is 0.749. The van der Waals surface area contributed by atoms with Gasteiger partial charge in [0.15, 0.2) is 0 Å². The van der Waals surface area contributed by atoms with Crippen LogP contribution in [-0.4, -0.2) is 22.5 Å². The van der Waals surface area contributed by atoms with Crippen molar-refractivity contribution in [2.24, 2.45) is 0 Å². The molecule has 0 aliphatic carbocycles. The van der Waals surface area contributed by atoms with Crippen molar-refractivity contribution in [3.05, 3.63) is 29.8 Å². The van der Waals surface area contributed by atoms with Gasteiger partial charge in [-0.1, -0.05) is 12.1 Å². The highest BCUT2D eigenvalue weighted by Crippen LogP contribution is 2.27. The molecule has 0 spiro atoms. The number of rotatable bonds is 5. The summed E-state index contributed by atoms with van der Waals surface area (Å²) in [5.74, 6) is -0.995. The molecule has 0 aromatic heterocycles. The second kappa shape index (κ2) is 6.67. The van der Waals surface area contributed by atoms with Crippen LogP contribution in [0.4, 0.5) is 26.3 Å². The van der Waals surface area contributed by atoms with Crippen LogP contribution >= 0.6 is 0 Å². The minimum absolute atomic E-state index is 0.380. The maximum Gasteiger partial charge on any atom is 0.573 e. The van der Waals surface area contributed by atoms with Gasteiger partial charge in [-0.3, -0.25) is 4.21 Å². The van der Waals surface area contributed by atoms with E-state index in [9.17, 15) is 30.6 Å². The standard InChI is InChI=1S/C12H12F6O2S/c1-8(21(19)7-6-11(13,14)15)9-2-4-10(5-3-9)20-12(16,17)18/h2-5,8H,6-7H2,1H3/t8-,21-/m0/s1. The van der Waals surface area contributed by atoms with Gasteiger partial charge in [-0.25, -0.2) is 0 Å². The van der Waals surface area contributed by atoms with Gasteiger partial charge >= 0.3 is 12.5 Å². The maximum absolute atomic E-state index is 12.0. The molecular formula is C12H12F6O2S. The lowest BCUT2D eigenvalue weighted by Crippen LogP contribution is -2.17. The third-order valence-corrected chi connectivity index (χ3v) is 4.23. The summed E-state index contributed by atoms with van der Waals surface area (Å²) >= 11 is 0. The highest BCUT2D eigenvalue weighted by molar-refractivity contribution is 7.85. The molecule has 2 atom stereocenters. The fraction of sp³-hybridized carbons (Fsp3) is 0.500. The van der Waals surface area contributed by atoms with E-state index in [2.05, 4.69) is 4.74 Å². The first-order valence-electron chi connectivity index (χ1n) is 5.77. The van der Waals surface area contributed by atoms with Crippen LogP contribution in [0.2, 0.25) is 0 Å².